The SMILES string of the molecule is Cc1ccc2c(c1)c1c(n2C=Cc2ccncc2)CCN(C2CCN(C)CC2)C1. The van der Waals surface area contributed by atoms with Gasteiger partial charge in [-0.05, 0) is 81.4 Å². The van der Waals surface area contributed by atoms with E-state index in [2.05, 4.69) is 75.9 Å². The maximum atomic E-state index is 4.13. The van der Waals surface area contributed by atoms with Crippen LogP contribution < -0.4 is 0 Å². The topological polar surface area (TPSA) is 24.3 Å². The van der Waals surface area contributed by atoms with E-state index in [9.17, 15) is 0 Å². The molecule has 150 valence electrons. The number of piperidine rings is 1. The van der Waals surface area contributed by atoms with E-state index >= 15 is 0 Å². The number of benzene rings is 1. The van der Waals surface area contributed by atoms with Crippen molar-refractivity contribution < 1.29 is 0 Å². The van der Waals surface area contributed by atoms with Crippen molar-refractivity contribution in [3.63, 3.8) is 0 Å². The fourth-order valence-corrected chi connectivity index (χ4v) is 5.00. The van der Waals surface area contributed by atoms with E-state index in [1.165, 1.54) is 65.8 Å². The van der Waals surface area contributed by atoms with E-state index in [-0.39, 0.29) is 0 Å². The summed E-state index contributed by atoms with van der Waals surface area (Å²) in [5.41, 5.74) is 6.88. The Kier molecular flexibility index (Phi) is 4.98. The lowest BCUT2D eigenvalue weighted by Gasteiger charge is -2.39. The highest BCUT2D eigenvalue weighted by molar-refractivity contribution is 5.89. The molecule has 0 unspecified atom stereocenters. The molecule has 4 nitrogen and oxygen atoms in total. The minimum Gasteiger partial charge on any atom is -0.320 e. The van der Waals surface area contributed by atoms with Crippen LogP contribution in [0.25, 0.3) is 23.2 Å². The van der Waals surface area contributed by atoms with Gasteiger partial charge < -0.3 is 9.47 Å². The van der Waals surface area contributed by atoms with Crippen molar-refractivity contribution in [3.8, 4) is 0 Å². The Balaban J connectivity index is 1.51. The molecule has 0 N–H and O–H groups in total. The standard InChI is InChI=1S/C25H30N4/c1-19-3-4-24-22(17-19)23-18-28(21-8-13-27(2)14-9-21)15-10-25(23)29(24)16-7-20-5-11-26-12-6-20/h3-7,11-12,16-17,21H,8-10,13-15,18H2,1-2H3. The van der Waals surface area contributed by atoms with Gasteiger partial charge in [-0.2, -0.15) is 0 Å². The van der Waals surface area contributed by atoms with Gasteiger partial charge in [-0.25, -0.2) is 0 Å². The van der Waals surface area contributed by atoms with Crippen molar-refractivity contribution in [2.24, 2.45) is 0 Å². The molecule has 0 spiro atoms. The second-order valence-corrected chi connectivity index (χ2v) is 8.67. The first-order valence-electron chi connectivity index (χ1n) is 10.8. The number of likely N-dealkylation sites (tertiary alicyclic amines) is 1. The number of nitrogens with zero attached hydrogens (tertiary/aromatic N) is 4. The lowest BCUT2D eigenvalue weighted by molar-refractivity contribution is 0.109. The predicted octanol–water partition coefficient (Wildman–Crippen LogP) is 4.42. The van der Waals surface area contributed by atoms with Crippen LogP contribution in [0.1, 0.15) is 35.2 Å². The Morgan fingerprint density at radius 2 is 1.83 bits per heavy atom. The number of aromatic nitrogens is 2. The van der Waals surface area contributed by atoms with Crippen LogP contribution in [-0.4, -0.2) is 52.1 Å². The molecule has 0 aliphatic carbocycles. The molecule has 0 radical (unpaired) electrons. The fraction of sp³-hybridized carbons (Fsp3) is 0.400. The monoisotopic (exact) mass is 386 g/mol. The average Bonchev–Trinajstić information content (AvgIpc) is 3.06. The van der Waals surface area contributed by atoms with Gasteiger partial charge >= 0.3 is 0 Å². The molecule has 29 heavy (non-hydrogen) atoms. The van der Waals surface area contributed by atoms with Gasteiger partial charge in [0.1, 0.15) is 0 Å². The summed E-state index contributed by atoms with van der Waals surface area (Å²) >= 11 is 0. The molecule has 5 rings (SSSR count). The van der Waals surface area contributed by atoms with Crippen LogP contribution in [0.3, 0.4) is 0 Å². The Morgan fingerprint density at radius 3 is 2.62 bits per heavy atom. The largest absolute Gasteiger partial charge is 0.320 e. The minimum absolute atomic E-state index is 0.731. The molecule has 1 aromatic carbocycles. The number of aryl methyl sites for hydroxylation is 1. The average molecular weight is 387 g/mol. The summed E-state index contributed by atoms with van der Waals surface area (Å²) in [7, 11) is 2.25. The number of rotatable bonds is 3. The highest BCUT2D eigenvalue weighted by Gasteiger charge is 2.29. The summed E-state index contributed by atoms with van der Waals surface area (Å²) in [6, 6.07) is 11.7. The highest BCUT2D eigenvalue weighted by atomic mass is 15.2. The molecular formula is C25H30N4. The van der Waals surface area contributed by atoms with Crippen LogP contribution in [0, 0.1) is 6.92 Å². The molecule has 1 fully saturated rings. The summed E-state index contributed by atoms with van der Waals surface area (Å²) in [4.78, 5) is 9.34. The van der Waals surface area contributed by atoms with E-state index < -0.39 is 0 Å². The first-order chi connectivity index (χ1) is 14.2. The van der Waals surface area contributed by atoms with E-state index in [0.29, 0.717) is 0 Å². The van der Waals surface area contributed by atoms with Crippen LogP contribution in [0.4, 0.5) is 0 Å². The first kappa shape index (κ1) is 18.6. The summed E-state index contributed by atoms with van der Waals surface area (Å²) in [5, 5.41) is 1.43. The van der Waals surface area contributed by atoms with Crippen LogP contribution in [0.15, 0.2) is 42.7 Å². The smallest absolute Gasteiger partial charge is 0.0528 e. The Hall–Kier alpha value is -2.43. The third-order valence-corrected chi connectivity index (χ3v) is 6.70. The summed E-state index contributed by atoms with van der Waals surface area (Å²) in [6.07, 6.45) is 11.9. The molecule has 2 aliphatic rings. The van der Waals surface area contributed by atoms with E-state index in [1.807, 2.05) is 12.4 Å². The third kappa shape index (κ3) is 3.63. The summed E-state index contributed by atoms with van der Waals surface area (Å²) in [6.45, 7) is 6.90. The second kappa shape index (κ2) is 7.77. The molecule has 4 heterocycles. The van der Waals surface area contributed by atoms with Gasteiger partial charge in [-0.15, -0.1) is 0 Å². The quantitative estimate of drug-likeness (QED) is 0.666. The van der Waals surface area contributed by atoms with Crippen LogP contribution in [0.2, 0.25) is 0 Å². The van der Waals surface area contributed by atoms with E-state index in [4.69, 9.17) is 0 Å². The minimum atomic E-state index is 0.731. The van der Waals surface area contributed by atoms with Gasteiger partial charge in [0.2, 0.25) is 0 Å². The van der Waals surface area contributed by atoms with Gasteiger partial charge in [0.05, 0.1) is 5.52 Å². The molecule has 0 saturated carbocycles. The molecule has 2 aromatic heterocycles. The summed E-state index contributed by atoms with van der Waals surface area (Å²) in [5.74, 6) is 0. The predicted molar refractivity (Wildman–Crippen MR) is 121 cm³/mol. The summed E-state index contributed by atoms with van der Waals surface area (Å²) < 4.78 is 2.43. The Bertz CT molecular complexity index is 1030. The van der Waals surface area contributed by atoms with Crippen molar-refractivity contribution in [1.82, 2.24) is 19.4 Å². The maximum absolute atomic E-state index is 4.13. The van der Waals surface area contributed by atoms with E-state index in [1.54, 1.807) is 0 Å². The van der Waals surface area contributed by atoms with Crippen molar-refractivity contribution in [2.45, 2.75) is 38.8 Å². The van der Waals surface area contributed by atoms with Gasteiger partial charge in [0.25, 0.3) is 0 Å². The fourth-order valence-electron chi connectivity index (χ4n) is 5.00. The van der Waals surface area contributed by atoms with Gasteiger partial charge in [-0.3, -0.25) is 9.88 Å². The Morgan fingerprint density at radius 1 is 1.03 bits per heavy atom. The van der Waals surface area contributed by atoms with E-state index in [0.717, 1.165) is 19.0 Å². The molecule has 4 heteroatoms. The van der Waals surface area contributed by atoms with Gasteiger partial charge in [0, 0.05) is 55.2 Å². The molecule has 0 amide bonds. The third-order valence-electron chi connectivity index (χ3n) is 6.70. The lowest BCUT2D eigenvalue weighted by atomic mass is 9.97. The number of fused-ring (bicyclic) bond motifs is 3. The van der Waals surface area contributed by atoms with Crippen molar-refractivity contribution in [3.05, 3.63) is 65.1 Å². The highest BCUT2D eigenvalue weighted by Crippen LogP contribution is 2.34. The number of hydrogen-bond donors (Lipinski definition) is 0. The van der Waals surface area contributed by atoms with Crippen molar-refractivity contribution in [1.29, 1.82) is 0 Å². The maximum Gasteiger partial charge on any atom is 0.0528 e. The molecular weight excluding hydrogens is 356 g/mol. The van der Waals surface area contributed by atoms with Crippen LogP contribution >= 0.6 is 0 Å². The Labute approximate surface area is 173 Å². The van der Waals surface area contributed by atoms with Gasteiger partial charge in [-0.1, -0.05) is 11.6 Å². The zero-order valence-electron chi connectivity index (χ0n) is 17.5. The molecule has 2 aliphatic heterocycles. The normalized spacial score (nSPS) is 19.2. The second-order valence-electron chi connectivity index (χ2n) is 8.67. The number of pyridine rings is 1. The molecule has 0 atom stereocenters. The molecule has 1 saturated heterocycles. The number of hydrogen-bond acceptors (Lipinski definition) is 3. The molecule has 3 aromatic rings. The van der Waals surface area contributed by atoms with Crippen LogP contribution in [0.5, 0.6) is 0 Å². The van der Waals surface area contributed by atoms with Crippen LogP contribution in [-0.2, 0) is 13.0 Å². The van der Waals surface area contributed by atoms with Crippen molar-refractivity contribution >= 4 is 23.2 Å². The zero-order valence-corrected chi connectivity index (χ0v) is 17.5. The molecule has 0 bridgehead atoms. The van der Waals surface area contributed by atoms with Gasteiger partial charge in [0.15, 0.2) is 0 Å². The first-order valence-corrected chi connectivity index (χ1v) is 10.8. The lowest BCUT2D eigenvalue weighted by Crippen LogP contribution is -2.45. The van der Waals surface area contributed by atoms with Crippen molar-refractivity contribution in [2.75, 3.05) is 26.7 Å². The zero-order chi connectivity index (χ0) is 19.8.